The Kier molecular flexibility index (Phi) is 4.59. The maximum Gasteiger partial charge on any atom is 0.137 e. The summed E-state index contributed by atoms with van der Waals surface area (Å²) in [5.74, 6) is 0. The number of aryl methyl sites for hydroxylation is 1. The van der Waals surface area contributed by atoms with E-state index in [2.05, 4.69) is 26.0 Å². The molecular formula is C19H20N6OS. The first-order chi connectivity index (χ1) is 13.0. The molecule has 1 aromatic carbocycles. The zero-order chi connectivity index (χ0) is 19.0. The number of hydrogen-bond acceptors (Lipinski definition) is 5. The molecule has 8 heteroatoms. The van der Waals surface area contributed by atoms with Crippen LogP contribution in [-0.4, -0.2) is 34.2 Å². The molecule has 7 nitrogen and oxygen atoms in total. The monoisotopic (exact) mass is 380 g/mol. The van der Waals surface area contributed by atoms with E-state index >= 15 is 0 Å². The molecule has 27 heavy (non-hydrogen) atoms. The lowest BCUT2D eigenvalue weighted by Crippen LogP contribution is -2.22. The van der Waals surface area contributed by atoms with Crippen molar-refractivity contribution in [1.82, 2.24) is 24.4 Å². The summed E-state index contributed by atoms with van der Waals surface area (Å²) in [6.45, 7) is 3.84. The minimum absolute atomic E-state index is 0.0535. The predicted molar refractivity (Wildman–Crippen MR) is 108 cm³/mol. The summed E-state index contributed by atoms with van der Waals surface area (Å²) in [6.07, 6.45) is 7.32. The number of benzene rings is 1. The summed E-state index contributed by atoms with van der Waals surface area (Å²) in [5.41, 5.74) is 5.63. The second kappa shape index (κ2) is 7.05. The molecule has 0 fully saturated rings. The van der Waals surface area contributed by atoms with E-state index in [9.17, 15) is 4.55 Å². The van der Waals surface area contributed by atoms with E-state index < -0.39 is 11.4 Å². The summed E-state index contributed by atoms with van der Waals surface area (Å²) >= 11 is -1.10. The SMILES string of the molecule is CC(C)[S+]([O-])Nc1ccc(-c2ncnn3cc(-c4cnn(C)c4)cc23)cc1. The lowest BCUT2D eigenvalue weighted by atomic mass is 10.1. The maximum absolute atomic E-state index is 12.0. The van der Waals surface area contributed by atoms with Crippen LogP contribution in [0.4, 0.5) is 5.69 Å². The molecule has 1 N–H and O–H groups in total. The molecule has 0 radical (unpaired) electrons. The Morgan fingerprint density at radius 3 is 2.48 bits per heavy atom. The highest BCUT2D eigenvalue weighted by atomic mass is 32.2. The van der Waals surface area contributed by atoms with Crippen LogP contribution < -0.4 is 4.72 Å². The number of hydrogen-bond donors (Lipinski definition) is 1. The van der Waals surface area contributed by atoms with Crippen LogP contribution in [0.25, 0.3) is 27.9 Å². The summed E-state index contributed by atoms with van der Waals surface area (Å²) in [7, 11) is 1.90. The van der Waals surface area contributed by atoms with Crippen LogP contribution in [0.2, 0.25) is 0 Å². The number of fused-ring (bicyclic) bond motifs is 1. The predicted octanol–water partition coefficient (Wildman–Crippen LogP) is 3.28. The Bertz CT molecular complexity index is 1070. The zero-order valence-corrected chi connectivity index (χ0v) is 16.1. The van der Waals surface area contributed by atoms with Gasteiger partial charge >= 0.3 is 0 Å². The molecule has 3 aromatic heterocycles. The first-order valence-electron chi connectivity index (χ1n) is 8.61. The largest absolute Gasteiger partial charge is 0.593 e. The number of aromatic nitrogens is 5. The lowest BCUT2D eigenvalue weighted by molar-refractivity contribution is 0.592. The van der Waals surface area contributed by atoms with Crippen LogP contribution in [0.1, 0.15) is 13.8 Å². The van der Waals surface area contributed by atoms with Gasteiger partial charge in [-0.15, -0.1) is 0 Å². The third-order valence-corrected chi connectivity index (χ3v) is 5.54. The summed E-state index contributed by atoms with van der Waals surface area (Å²) < 4.78 is 18.6. The molecule has 0 aliphatic rings. The average molecular weight is 380 g/mol. The Balaban J connectivity index is 1.68. The normalized spacial score (nSPS) is 12.6. The van der Waals surface area contributed by atoms with Crippen LogP contribution in [-0.2, 0) is 18.4 Å². The van der Waals surface area contributed by atoms with Crippen molar-refractivity contribution in [2.75, 3.05) is 4.72 Å². The number of nitrogens with one attached hydrogen (secondary N) is 1. The van der Waals surface area contributed by atoms with Crippen LogP contribution in [0.3, 0.4) is 0 Å². The van der Waals surface area contributed by atoms with Gasteiger partial charge in [0.25, 0.3) is 0 Å². The summed E-state index contributed by atoms with van der Waals surface area (Å²) in [5, 5.41) is 8.60. The van der Waals surface area contributed by atoms with Gasteiger partial charge in [0.2, 0.25) is 0 Å². The fourth-order valence-electron chi connectivity index (χ4n) is 2.81. The van der Waals surface area contributed by atoms with Gasteiger partial charge in [0.05, 0.1) is 34.5 Å². The molecular weight excluding hydrogens is 360 g/mol. The van der Waals surface area contributed by atoms with Gasteiger partial charge in [-0.05, 0) is 32.0 Å². The van der Waals surface area contributed by atoms with E-state index in [-0.39, 0.29) is 5.25 Å². The van der Waals surface area contributed by atoms with Crippen LogP contribution in [0, 0.1) is 0 Å². The van der Waals surface area contributed by atoms with Crippen molar-refractivity contribution in [3.63, 3.8) is 0 Å². The fraction of sp³-hybridized carbons (Fsp3) is 0.211. The van der Waals surface area contributed by atoms with Gasteiger partial charge in [0, 0.05) is 36.1 Å². The third-order valence-electron chi connectivity index (χ3n) is 4.25. The highest BCUT2D eigenvalue weighted by Crippen LogP contribution is 2.28. The summed E-state index contributed by atoms with van der Waals surface area (Å²) in [6, 6.07) is 9.84. The molecule has 1 atom stereocenters. The molecule has 0 bridgehead atoms. The van der Waals surface area contributed by atoms with Gasteiger partial charge in [0.1, 0.15) is 11.6 Å². The molecule has 1 unspecified atom stereocenters. The fourth-order valence-corrected chi connectivity index (χ4v) is 3.41. The van der Waals surface area contributed by atoms with Crippen molar-refractivity contribution in [2.45, 2.75) is 19.1 Å². The van der Waals surface area contributed by atoms with E-state index in [1.54, 1.807) is 11.0 Å². The van der Waals surface area contributed by atoms with Crippen molar-refractivity contribution in [3.8, 4) is 22.4 Å². The van der Waals surface area contributed by atoms with E-state index in [1.165, 1.54) is 0 Å². The molecule has 4 rings (SSSR count). The Morgan fingerprint density at radius 1 is 1.04 bits per heavy atom. The van der Waals surface area contributed by atoms with Gasteiger partial charge in [-0.2, -0.15) is 10.2 Å². The van der Waals surface area contributed by atoms with Gasteiger partial charge in [-0.3, -0.25) is 4.68 Å². The Labute approximate surface area is 160 Å². The van der Waals surface area contributed by atoms with Crippen molar-refractivity contribution in [3.05, 3.63) is 55.2 Å². The standard InChI is InChI=1S/C19H20N6OS/c1-13(2)27(26)23-17-6-4-14(5-7-17)19-18-8-15(11-25(18)22-12-20-19)16-9-21-24(3)10-16/h4-13,23H,1-3H3. The smallest absolute Gasteiger partial charge is 0.137 e. The van der Waals surface area contributed by atoms with Crippen molar-refractivity contribution in [2.24, 2.45) is 7.05 Å². The van der Waals surface area contributed by atoms with Crippen LogP contribution in [0.15, 0.2) is 55.2 Å². The molecule has 0 saturated carbocycles. The van der Waals surface area contributed by atoms with Crippen molar-refractivity contribution < 1.29 is 4.55 Å². The molecule has 0 aliphatic carbocycles. The number of nitrogens with zero attached hydrogens (tertiary/aromatic N) is 5. The molecule has 4 aromatic rings. The van der Waals surface area contributed by atoms with E-state index in [1.807, 2.05) is 68.3 Å². The first-order valence-corrected chi connectivity index (χ1v) is 9.82. The highest BCUT2D eigenvalue weighted by molar-refractivity contribution is 7.93. The van der Waals surface area contributed by atoms with E-state index in [4.69, 9.17) is 0 Å². The quantitative estimate of drug-likeness (QED) is 0.537. The molecule has 0 spiro atoms. The number of rotatable bonds is 5. The van der Waals surface area contributed by atoms with Crippen LogP contribution >= 0.6 is 0 Å². The lowest BCUT2D eigenvalue weighted by Gasteiger charge is -2.15. The van der Waals surface area contributed by atoms with Gasteiger partial charge in [-0.1, -0.05) is 12.1 Å². The third kappa shape index (κ3) is 3.54. The topological polar surface area (TPSA) is 83.1 Å². The summed E-state index contributed by atoms with van der Waals surface area (Å²) in [4.78, 5) is 4.47. The Hall–Kier alpha value is -2.84. The van der Waals surface area contributed by atoms with Crippen molar-refractivity contribution in [1.29, 1.82) is 0 Å². The Morgan fingerprint density at radius 2 is 1.81 bits per heavy atom. The number of anilines is 1. The van der Waals surface area contributed by atoms with E-state index in [0.717, 1.165) is 33.6 Å². The van der Waals surface area contributed by atoms with Gasteiger partial charge in [-0.25, -0.2) is 14.2 Å². The first kappa shape index (κ1) is 17.6. The minimum Gasteiger partial charge on any atom is -0.593 e. The van der Waals surface area contributed by atoms with Gasteiger partial charge < -0.3 is 4.55 Å². The molecule has 0 saturated heterocycles. The highest BCUT2D eigenvalue weighted by Gasteiger charge is 2.14. The minimum atomic E-state index is -1.10. The van der Waals surface area contributed by atoms with Crippen LogP contribution in [0.5, 0.6) is 0 Å². The molecule has 0 aliphatic heterocycles. The maximum atomic E-state index is 12.0. The second-order valence-corrected chi connectivity index (χ2v) is 8.34. The molecule has 3 heterocycles. The van der Waals surface area contributed by atoms with E-state index in [0.29, 0.717) is 0 Å². The molecule has 138 valence electrons. The van der Waals surface area contributed by atoms with Gasteiger partial charge in [0.15, 0.2) is 0 Å². The average Bonchev–Trinajstić information content (AvgIpc) is 3.28. The van der Waals surface area contributed by atoms with Crippen molar-refractivity contribution >= 4 is 22.6 Å². The zero-order valence-electron chi connectivity index (χ0n) is 15.3. The second-order valence-electron chi connectivity index (χ2n) is 6.60. The molecule has 0 amide bonds.